The molecule has 0 spiro atoms. The van der Waals surface area contributed by atoms with Crippen molar-refractivity contribution in [2.45, 2.75) is 90.9 Å². The predicted molar refractivity (Wildman–Crippen MR) is 114 cm³/mol. The first kappa shape index (κ1) is 21.5. The Kier molecular flexibility index (Phi) is 10.0. The molecule has 0 aliphatic heterocycles. The number of fused-ring (bicyclic) bond motifs is 1. The zero-order valence-electron chi connectivity index (χ0n) is 17.3. The second-order valence-electron chi connectivity index (χ2n) is 7.66. The second-order valence-corrected chi connectivity index (χ2v) is 7.66. The summed E-state index contributed by atoms with van der Waals surface area (Å²) in [4.78, 5) is 15.6. The van der Waals surface area contributed by atoms with Crippen molar-refractivity contribution in [2.24, 2.45) is 0 Å². The summed E-state index contributed by atoms with van der Waals surface area (Å²) in [5.74, 6) is -0.222. The Balaban J connectivity index is 1.72. The first-order valence-electron chi connectivity index (χ1n) is 11.0. The summed E-state index contributed by atoms with van der Waals surface area (Å²) < 4.78 is 5.30. The van der Waals surface area contributed by atoms with Gasteiger partial charge >= 0.3 is 5.97 Å². The van der Waals surface area contributed by atoms with E-state index in [1.807, 2.05) is 18.2 Å². The molecule has 0 aliphatic rings. The Hall–Kier alpha value is -1.77. The summed E-state index contributed by atoms with van der Waals surface area (Å²) in [6.45, 7) is 4.86. The highest BCUT2D eigenvalue weighted by Gasteiger charge is 2.09. The minimum atomic E-state index is -0.222. The molecule has 2 aromatic rings. The van der Waals surface area contributed by atoms with E-state index in [9.17, 15) is 4.79 Å². The van der Waals surface area contributed by atoms with Gasteiger partial charge in [-0.05, 0) is 42.8 Å². The van der Waals surface area contributed by atoms with Gasteiger partial charge in [0.05, 0.1) is 12.2 Å². The number of benzene rings is 1. The van der Waals surface area contributed by atoms with Crippen LogP contribution in [0.1, 0.15) is 101 Å². The summed E-state index contributed by atoms with van der Waals surface area (Å²) >= 11 is 0. The summed E-state index contributed by atoms with van der Waals surface area (Å²) in [5, 5.41) is 1.17. The largest absolute Gasteiger partial charge is 0.462 e. The molecule has 2 rings (SSSR count). The Labute approximate surface area is 164 Å². The minimum absolute atomic E-state index is 0.222. The van der Waals surface area contributed by atoms with Gasteiger partial charge in [-0.2, -0.15) is 0 Å². The zero-order valence-corrected chi connectivity index (χ0v) is 17.3. The number of aromatic amines is 1. The molecule has 3 heteroatoms. The van der Waals surface area contributed by atoms with Gasteiger partial charge in [-0.1, -0.05) is 77.7 Å². The number of aromatic nitrogens is 1. The number of hydrogen-bond acceptors (Lipinski definition) is 2. The van der Waals surface area contributed by atoms with Crippen LogP contribution in [0, 0.1) is 0 Å². The van der Waals surface area contributed by atoms with Crippen LogP contribution in [0.2, 0.25) is 0 Å². The number of hydrogen-bond donors (Lipinski definition) is 1. The van der Waals surface area contributed by atoms with Crippen molar-refractivity contribution >= 4 is 16.9 Å². The lowest BCUT2D eigenvalue weighted by atomic mass is 10.1. The lowest BCUT2D eigenvalue weighted by Crippen LogP contribution is -2.06. The molecule has 0 aliphatic carbocycles. The van der Waals surface area contributed by atoms with E-state index >= 15 is 0 Å². The van der Waals surface area contributed by atoms with Crippen LogP contribution >= 0.6 is 0 Å². The molecule has 0 radical (unpaired) electrons. The monoisotopic (exact) mass is 371 g/mol. The van der Waals surface area contributed by atoms with Gasteiger partial charge in [-0.15, -0.1) is 0 Å². The standard InChI is InChI=1S/C24H37NO2/c1-3-5-7-8-9-10-11-12-13-14-22-18-20-15-16-21(19-23(20)25-22)24(26)27-17-6-4-2/h15-16,18-19,25H,3-14,17H2,1-2H3. The molecule has 150 valence electrons. The number of nitrogens with one attached hydrogen (secondary N) is 1. The van der Waals surface area contributed by atoms with E-state index in [2.05, 4.69) is 24.9 Å². The highest BCUT2D eigenvalue weighted by Crippen LogP contribution is 2.20. The van der Waals surface area contributed by atoms with Crippen LogP contribution in [-0.2, 0) is 11.2 Å². The minimum Gasteiger partial charge on any atom is -0.462 e. The third kappa shape index (κ3) is 7.78. The van der Waals surface area contributed by atoms with E-state index in [-0.39, 0.29) is 5.97 Å². The van der Waals surface area contributed by atoms with E-state index in [0.717, 1.165) is 24.8 Å². The molecule has 1 N–H and O–H groups in total. The first-order chi connectivity index (χ1) is 13.2. The number of ether oxygens (including phenoxy) is 1. The molecular formula is C24H37NO2. The Bertz CT molecular complexity index is 674. The molecule has 0 saturated heterocycles. The van der Waals surface area contributed by atoms with E-state index in [0.29, 0.717) is 12.2 Å². The molecule has 1 heterocycles. The van der Waals surface area contributed by atoms with E-state index in [4.69, 9.17) is 4.74 Å². The van der Waals surface area contributed by atoms with Crippen molar-refractivity contribution in [1.29, 1.82) is 0 Å². The van der Waals surface area contributed by atoms with Crippen molar-refractivity contribution in [3.05, 3.63) is 35.5 Å². The zero-order chi connectivity index (χ0) is 19.3. The number of esters is 1. The van der Waals surface area contributed by atoms with E-state index in [1.54, 1.807) is 0 Å². The van der Waals surface area contributed by atoms with Crippen LogP contribution in [0.25, 0.3) is 10.9 Å². The van der Waals surface area contributed by atoms with Gasteiger partial charge < -0.3 is 9.72 Å². The van der Waals surface area contributed by atoms with Crippen molar-refractivity contribution in [3.8, 4) is 0 Å². The Morgan fingerprint density at radius 1 is 0.852 bits per heavy atom. The normalized spacial score (nSPS) is 11.2. The SMILES string of the molecule is CCCCCCCCCCCc1cc2ccc(C(=O)OCCCC)cc2[nH]1. The maximum absolute atomic E-state index is 12.1. The Morgan fingerprint density at radius 3 is 2.22 bits per heavy atom. The Morgan fingerprint density at radius 2 is 1.52 bits per heavy atom. The van der Waals surface area contributed by atoms with Crippen LogP contribution in [0.3, 0.4) is 0 Å². The van der Waals surface area contributed by atoms with Gasteiger partial charge in [0.15, 0.2) is 0 Å². The molecule has 0 unspecified atom stereocenters. The summed E-state index contributed by atoms with van der Waals surface area (Å²) in [7, 11) is 0. The third-order valence-corrected chi connectivity index (χ3v) is 5.19. The summed E-state index contributed by atoms with van der Waals surface area (Å²) in [5.41, 5.74) is 2.94. The lowest BCUT2D eigenvalue weighted by molar-refractivity contribution is 0.0500. The summed E-state index contributed by atoms with van der Waals surface area (Å²) in [6, 6.07) is 8.02. The quantitative estimate of drug-likeness (QED) is 0.282. The lowest BCUT2D eigenvalue weighted by Gasteiger charge is -2.03. The number of H-pyrrole nitrogens is 1. The predicted octanol–water partition coefficient (Wildman–Crippen LogP) is 7.20. The van der Waals surface area contributed by atoms with Crippen molar-refractivity contribution in [2.75, 3.05) is 6.61 Å². The highest BCUT2D eigenvalue weighted by molar-refractivity contribution is 5.94. The molecule has 0 saturated carbocycles. The molecule has 1 aromatic heterocycles. The third-order valence-electron chi connectivity index (χ3n) is 5.19. The molecule has 0 atom stereocenters. The van der Waals surface area contributed by atoms with E-state index in [1.165, 1.54) is 68.9 Å². The van der Waals surface area contributed by atoms with Gasteiger partial charge in [0.1, 0.15) is 0 Å². The second kappa shape index (κ2) is 12.6. The fraction of sp³-hybridized carbons (Fsp3) is 0.625. The fourth-order valence-corrected chi connectivity index (χ4v) is 3.47. The number of unbranched alkanes of at least 4 members (excludes halogenated alkanes) is 9. The maximum atomic E-state index is 12.1. The molecule has 1 aromatic carbocycles. The fourth-order valence-electron chi connectivity index (χ4n) is 3.47. The van der Waals surface area contributed by atoms with Crippen LogP contribution in [0.4, 0.5) is 0 Å². The summed E-state index contributed by atoms with van der Waals surface area (Å²) in [6.07, 6.45) is 15.2. The van der Waals surface area contributed by atoms with Gasteiger partial charge in [-0.25, -0.2) is 4.79 Å². The van der Waals surface area contributed by atoms with Gasteiger partial charge in [0.2, 0.25) is 0 Å². The van der Waals surface area contributed by atoms with Gasteiger partial charge in [-0.3, -0.25) is 0 Å². The van der Waals surface area contributed by atoms with Gasteiger partial charge in [0.25, 0.3) is 0 Å². The smallest absolute Gasteiger partial charge is 0.338 e. The van der Waals surface area contributed by atoms with Crippen LogP contribution < -0.4 is 0 Å². The number of aryl methyl sites for hydroxylation is 1. The number of carbonyl (C=O) groups excluding carboxylic acids is 1. The topological polar surface area (TPSA) is 42.1 Å². The average Bonchev–Trinajstić information content (AvgIpc) is 3.08. The van der Waals surface area contributed by atoms with Crippen LogP contribution in [0.5, 0.6) is 0 Å². The molecule has 0 bridgehead atoms. The van der Waals surface area contributed by atoms with Crippen molar-refractivity contribution in [3.63, 3.8) is 0 Å². The average molecular weight is 372 g/mol. The van der Waals surface area contributed by atoms with Crippen LogP contribution in [-0.4, -0.2) is 17.6 Å². The molecule has 27 heavy (non-hydrogen) atoms. The van der Waals surface area contributed by atoms with E-state index < -0.39 is 0 Å². The van der Waals surface area contributed by atoms with Gasteiger partial charge in [0, 0.05) is 11.2 Å². The highest BCUT2D eigenvalue weighted by atomic mass is 16.5. The number of carbonyl (C=O) groups is 1. The molecule has 0 fully saturated rings. The number of rotatable bonds is 14. The maximum Gasteiger partial charge on any atom is 0.338 e. The van der Waals surface area contributed by atoms with Crippen molar-refractivity contribution in [1.82, 2.24) is 4.98 Å². The molecular weight excluding hydrogens is 334 g/mol. The molecule has 3 nitrogen and oxygen atoms in total. The van der Waals surface area contributed by atoms with Crippen LogP contribution in [0.15, 0.2) is 24.3 Å². The van der Waals surface area contributed by atoms with Crippen molar-refractivity contribution < 1.29 is 9.53 Å². The molecule has 0 amide bonds. The first-order valence-corrected chi connectivity index (χ1v) is 11.0.